The summed E-state index contributed by atoms with van der Waals surface area (Å²) in [7, 11) is 1.67. The van der Waals surface area contributed by atoms with Crippen molar-refractivity contribution in [1.82, 2.24) is 9.78 Å². The molecule has 1 heterocycles. The van der Waals surface area contributed by atoms with Gasteiger partial charge in [-0.05, 0) is 35.2 Å². The predicted octanol–water partition coefficient (Wildman–Crippen LogP) is 4.40. The Hall–Kier alpha value is -2.92. The molecule has 0 atom stereocenters. The number of carbonyl (C=O) groups is 1. The summed E-state index contributed by atoms with van der Waals surface area (Å²) in [6.07, 6.45) is 2.03. The predicted molar refractivity (Wildman–Crippen MR) is 105 cm³/mol. The van der Waals surface area contributed by atoms with Gasteiger partial charge < -0.3 is 9.84 Å². The molecule has 5 nitrogen and oxygen atoms in total. The van der Waals surface area contributed by atoms with E-state index >= 15 is 0 Å². The molecule has 0 radical (unpaired) electrons. The van der Waals surface area contributed by atoms with Crippen molar-refractivity contribution in [2.75, 3.05) is 7.11 Å². The Morgan fingerprint density at radius 2 is 1.89 bits per heavy atom. The van der Waals surface area contributed by atoms with E-state index in [2.05, 4.69) is 18.1 Å². The number of benzene rings is 2. The minimum Gasteiger partial charge on any atom is -0.478 e. The minimum atomic E-state index is -0.916. The summed E-state index contributed by atoms with van der Waals surface area (Å²) < 4.78 is 7.22. The lowest BCUT2D eigenvalue weighted by Gasteiger charge is -2.09. The highest BCUT2D eigenvalue weighted by Crippen LogP contribution is 2.24. The standard InChI is InChI=1S/C22H24N2O3/c1-3-6-19-13-18(15-27-2)23-24(19)14-16-9-11-17(12-10-16)20-7-4-5-8-21(20)22(25)26/h4-5,7-13H,3,6,14-15H2,1-2H3,(H,25,26). The van der Waals surface area contributed by atoms with E-state index in [0.717, 1.165) is 35.2 Å². The van der Waals surface area contributed by atoms with Gasteiger partial charge in [-0.3, -0.25) is 4.68 Å². The highest BCUT2D eigenvalue weighted by molar-refractivity contribution is 5.95. The van der Waals surface area contributed by atoms with Gasteiger partial charge in [-0.2, -0.15) is 5.10 Å². The maximum atomic E-state index is 11.4. The van der Waals surface area contributed by atoms with Crippen LogP contribution in [-0.4, -0.2) is 28.0 Å². The molecule has 140 valence electrons. The summed E-state index contributed by atoms with van der Waals surface area (Å²) >= 11 is 0. The van der Waals surface area contributed by atoms with Crippen LogP contribution in [0.1, 0.15) is 40.7 Å². The monoisotopic (exact) mass is 364 g/mol. The average Bonchev–Trinajstić information content (AvgIpc) is 3.04. The molecule has 0 saturated heterocycles. The Kier molecular flexibility index (Phi) is 6.04. The number of ether oxygens (including phenoxy) is 1. The van der Waals surface area contributed by atoms with Crippen LogP contribution in [0.2, 0.25) is 0 Å². The lowest BCUT2D eigenvalue weighted by Crippen LogP contribution is -2.06. The molecular weight excluding hydrogens is 340 g/mol. The summed E-state index contributed by atoms with van der Waals surface area (Å²) in [6, 6.07) is 17.2. The summed E-state index contributed by atoms with van der Waals surface area (Å²) in [6.45, 7) is 3.34. The number of rotatable bonds is 8. The highest BCUT2D eigenvalue weighted by Gasteiger charge is 2.11. The molecule has 0 bridgehead atoms. The van der Waals surface area contributed by atoms with E-state index in [1.54, 1.807) is 19.2 Å². The molecule has 0 fully saturated rings. The van der Waals surface area contributed by atoms with Crippen molar-refractivity contribution in [3.8, 4) is 11.1 Å². The summed E-state index contributed by atoms with van der Waals surface area (Å²) in [5.41, 5.74) is 5.19. The normalized spacial score (nSPS) is 10.9. The van der Waals surface area contributed by atoms with Gasteiger partial charge in [-0.25, -0.2) is 4.79 Å². The van der Waals surface area contributed by atoms with Gasteiger partial charge in [0.25, 0.3) is 0 Å². The quantitative estimate of drug-likeness (QED) is 0.644. The van der Waals surface area contributed by atoms with Crippen LogP contribution in [0.4, 0.5) is 0 Å². The molecule has 0 saturated carbocycles. The van der Waals surface area contributed by atoms with E-state index in [1.165, 1.54) is 5.69 Å². The van der Waals surface area contributed by atoms with Crippen molar-refractivity contribution >= 4 is 5.97 Å². The third kappa shape index (κ3) is 4.44. The molecule has 0 amide bonds. The van der Waals surface area contributed by atoms with Crippen molar-refractivity contribution in [1.29, 1.82) is 0 Å². The number of aromatic carboxylic acids is 1. The third-order valence-corrected chi connectivity index (χ3v) is 4.47. The molecule has 0 aliphatic carbocycles. The Labute approximate surface area is 159 Å². The smallest absolute Gasteiger partial charge is 0.336 e. The van der Waals surface area contributed by atoms with E-state index in [9.17, 15) is 9.90 Å². The first-order valence-electron chi connectivity index (χ1n) is 9.08. The van der Waals surface area contributed by atoms with Crippen molar-refractivity contribution in [3.63, 3.8) is 0 Å². The maximum absolute atomic E-state index is 11.4. The van der Waals surface area contributed by atoms with Crippen molar-refractivity contribution in [2.24, 2.45) is 0 Å². The van der Waals surface area contributed by atoms with E-state index < -0.39 is 5.97 Å². The van der Waals surface area contributed by atoms with Gasteiger partial charge in [-0.15, -0.1) is 0 Å². The largest absolute Gasteiger partial charge is 0.478 e. The number of methoxy groups -OCH3 is 1. The minimum absolute atomic E-state index is 0.312. The lowest BCUT2D eigenvalue weighted by atomic mass is 9.99. The Bertz CT molecular complexity index is 914. The molecule has 27 heavy (non-hydrogen) atoms. The Morgan fingerprint density at radius 1 is 1.15 bits per heavy atom. The van der Waals surface area contributed by atoms with Crippen LogP contribution in [0, 0.1) is 0 Å². The molecule has 0 aliphatic heterocycles. The molecule has 3 aromatic rings. The number of nitrogens with zero attached hydrogens (tertiary/aromatic N) is 2. The number of aromatic nitrogens is 2. The van der Waals surface area contributed by atoms with Crippen LogP contribution < -0.4 is 0 Å². The fourth-order valence-corrected chi connectivity index (χ4v) is 3.21. The second-order valence-electron chi connectivity index (χ2n) is 6.52. The molecule has 3 rings (SSSR count). The molecule has 1 N–H and O–H groups in total. The van der Waals surface area contributed by atoms with Crippen molar-refractivity contribution < 1.29 is 14.6 Å². The number of aryl methyl sites for hydroxylation is 1. The van der Waals surface area contributed by atoms with Crippen LogP contribution in [0.25, 0.3) is 11.1 Å². The topological polar surface area (TPSA) is 64.4 Å². The lowest BCUT2D eigenvalue weighted by molar-refractivity contribution is 0.0697. The molecule has 1 aromatic heterocycles. The molecule has 0 aliphatic rings. The molecular formula is C22H24N2O3. The third-order valence-electron chi connectivity index (χ3n) is 4.47. The maximum Gasteiger partial charge on any atom is 0.336 e. The van der Waals surface area contributed by atoms with Crippen molar-refractivity contribution in [2.45, 2.75) is 32.9 Å². The van der Waals surface area contributed by atoms with Gasteiger partial charge in [0.15, 0.2) is 0 Å². The van der Waals surface area contributed by atoms with Gasteiger partial charge in [0.2, 0.25) is 0 Å². The van der Waals surface area contributed by atoms with Crippen LogP contribution >= 0.6 is 0 Å². The first kappa shape index (κ1) is 18.9. The Balaban J connectivity index is 1.84. The molecule has 5 heteroatoms. The highest BCUT2D eigenvalue weighted by atomic mass is 16.5. The fourth-order valence-electron chi connectivity index (χ4n) is 3.21. The van der Waals surface area contributed by atoms with Gasteiger partial charge in [0, 0.05) is 12.8 Å². The number of hydrogen-bond donors (Lipinski definition) is 1. The molecule has 0 spiro atoms. The van der Waals surface area contributed by atoms with Crippen LogP contribution in [0.3, 0.4) is 0 Å². The van der Waals surface area contributed by atoms with Crippen LogP contribution in [0.15, 0.2) is 54.6 Å². The zero-order valence-electron chi connectivity index (χ0n) is 15.7. The van der Waals surface area contributed by atoms with E-state index in [1.807, 2.05) is 41.1 Å². The average molecular weight is 364 g/mol. The Morgan fingerprint density at radius 3 is 2.56 bits per heavy atom. The van der Waals surface area contributed by atoms with Gasteiger partial charge in [0.05, 0.1) is 24.4 Å². The number of hydrogen-bond acceptors (Lipinski definition) is 3. The second-order valence-corrected chi connectivity index (χ2v) is 6.52. The molecule has 0 unspecified atom stereocenters. The van der Waals surface area contributed by atoms with Crippen LogP contribution in [0.5, 0.6) is 0 Å². The van der Waals surface area contributed by atoms with E-state index in [-0.39, 0.29) is 0 Å². The summed E-state index contributed by atoms with van der Waals surface area (Å²) in [4.78, 5) is 11.4. The zero-order chi connectivity index (χ0) is 19.2. The summed E-state index contributed by atoms with van der Waals surface area (Å²) in [5, 5.41) is 14.0. The van der Waals surface area contributed by atoms with Gasteiger partial charge in [0.1, 0.15) is 0 Å². The zero-order valence-corrected chi connectivity index (χ0v) is 15.7. The fraction of sp³-hybridized carbons (Fsp3) is 0.273. The van der Waals surface area contributed by atoms with E-state index in [0.29, 0.717) is 18.7 Å². The van der Waals surface area contributed by atoms with Crippen molar-refractivity contribution in [3.05, 3.63) is 77.1 Å². The molecule has 2 aromatic carbocycles. The van der Waals surface area contributed by atoms with Crippen LogP contribution in [-0.2, 0) is 24.3 Å². The second kappa shape index (κ2) is 8.64. The van der Waals surface area contributed by atoms with E-state index in [4.69, 9.17) is 4.74 Å². The first-order chi connectivity index (χ1) is 13.1. The van der Waals surface area contributed by atoms with Gasteiger partial charge in [-0.1, -0.05) is 55.8 Å². The first-order valence-corrected chi connectivity index (χ1v) is 9.08. The number of carboxylic acids is 1. The SMILES string of the molecule is CCCc1cc(COC)nn1Cc1ccc(-c2ccccc2C(=O)O)cc1. The number of carboxylic acid groups (broad SMARTS) is 1. The van der Waals surface area contributed by atoms with Gasteiger partial charge >= 0.3 is 5.97 Å². The summed E-state index contributed by atoms with van der Waals surface area (Å²) in [5.74, 6) is -0.916.